The van der Waals surface area contributed by atoms with Crippen LogP contribution in [0.4, 0.5) is 5.00 Å². The smallest absolute Gasteiger partial charge is 0.341 e. The number of esters is 1. The van der Waals surface area contributed by atoms with E-state index in [2.05, 4.69) is 5.32 Å². The Morgan fingerprint density at radius 1 is 1.27 bits per heavy atom. The van der Waals surface area contributed by atoms with Gasteiger partial charge in [0.15, 0.2) is 0 Å². The summed E-state index contributed by atoms with van der Waals surface area (Å²) in [5.74, 6) is 1.14. The van der Waals surface area contributed by atoms with E-state index in [0.717, 1.165) is 22.8 Å². The lowest BCUT2D eigenvalue weighted by Crippen LogP contribution is -2.27. The number of hydrogen-bond donors (Lipinski definition) is 1. The van der Waals surface area contributed by atoms with Crippen LogP contribution in [0.5, 0.6) is 0 Å². The normalized spacial score (nSPS) is 26.2. The van der Waals surface area contributed by atoms with Crippen LogP contribution < -0.4 is 5.32 Å². The SMILES string of the molecule is CCOC(=O)c1c(NC(=O)[C@@H]2C[C@H]3CC[C@H]2C3)sc(C)c1C. The van der Waals surface area contributed by atoms with Crippen LogP contribution >= 0.6 is 11.3 Å². The summed E-state index contributed by atoms with van der Waals surface area (Å²) in [6, 6.07) is 0. The van der Waals surface area contributed by atoms with E-state index in [1.807, 2.05) is 13.8 Å². The molecule has 2 saturated carbocycles. The Morgan fingerprint density at radius 3 is 2.64 bits per heavy atom. The molecule has 0 aliphatic heterocycles. The number of anilines is 1. The van der Waals surface area contributed by atoms with Crippen molar-refractivity contribution in [2.45, 2.75) is 46.5 Å². The third-order valence-electron chi connectivity index (χ3n) is 5.18. The largest absolute Gasteiger partial charge is 0.462 e. The van der Waals surface area contributed by atoms with E-state index < -0.39 is 0 Å². The molecule has 2 fully saturated rings. The molecule has 1 aromatic rings. The molecule has 0 saturated heterocycles. The van der Waals surface area contributed by atoms with Gasteiger partial charge in [-0.15, -0.1) is 11.3 Å². The second kappa shape index (κ2) is 6.03. The average Bonchev–Trinajstić information content (AvgIpc) is 3.15. The topological polar surface area (TPSA) is 55.4 Å². The first kappa shape index (κ1) is 15.5. The van der Waals surface area contributed by atoms with E-state index in [1.165, 1.54) is 30.6 Å². The minimum atomic E-state index is -0.340. The summed E-state index contributed by atoms with van der Waals surface area (Å²) >= 11 is 1.47. The van der Waals surface area contributed by atoms with Crippen LogP contribution in [0, 0.1) is 31.6 Å². The van der Waals surface area contributed by atoms with Gasteiger partial charge in [0.2, 0.25) is 5.91 Å². The van der Waals surface area contributed by atoms with Gasteiger partial charge < -0.3 is 10.1 Å². The number of nitrogens with one attached hydrogen (secondary N) is 1. The number of amides is 1. The van der Waals surface area contributed by atoms with Crippen LogP contribution in [-0.2, 0) is 9.53 Å². The Balaban J connectivity index is 1.78. The van der Waals surface area contributed by atoms with Crippen molar-refractivity contribution in [2.75, 3.05) is 11.9 Å². The fourth-order valence-electron chi connectivity index (χ4n) is 3.93. The van der Waals surface area contributed by atoms with Crippen LogP contribution in [0.3, 0.4) is 0 Å². The van der Waals surface area contributed by atoms with Crippen molar-refractivity contribution in [3.05, 3.63) is 16.0 Å². The van der Waals surface area contributed by atoms with Crippen molar-refractivity contribution >= 4 is 28.2 Å². The molecule has 4 nitrogen and oxygen atoms in total. The molecule has 2 aliphatic rings. The summed E-state index contributed by atoms with van der Waals surface area (Å²) < 4.78 is 5.14. The zero-order chi connectivity index (χ0) is 15.9. The first-order valence-corrected chi connectivity index (χ1v) is 8.90. The van der Waals surface area contributed by atoms with E-state index >= 15 is 0 Å². The number of fused-ring (bicyclic) bond motifs is 2. The Kier molecular flexibility index (Phi) is 4.26. The monoisotopic (exact) mass is 321 g/mol. The van der Waals surface area contributed by atoms with E-state index in [1.54, 1.807) is 6.92 Å². The minimum absolute atomic E-state index is 0.0824. The molecule has 5 heteroatoms. The highest BCUT2D eigenvalue weighted by atomic mass is 32.1. The number of hydrogen-bond acceptors (Lipinski definition) is 4. The van der Waals surface area contributed by atoms with E-state index in [-0.39, 0.29) is 17.8 Å². The molecular weight excluding hydrogens is 298 g/mol. The van der Waals surface area contributed by atoms with Gasteiger partial charge in [0, 0.05) is 10.8 Å². The van der Waals surface area contributed by atoms with E-state index in [0.29, 0.717) is 23.1 Å². The second-order valence-electron chi connectivity index (χ2n) is 6.48. The van der Waals surface area contributed by atoms with Gasteiger partial charge in [-0.05, 0) is 57.4 Å². The summed E-state index contributed by atoms with van der Waals surface area (Å²) in [6.45, 7) is 6.01. The number of aryl methyl sites for hydroxylation is 1. The van der Waals surface area contributed by atoms with E-state index in [4.69, 9.17) is 4.74 Å². The van der Waals surface area contributed by atoms with Gasteiger partial charge in [0.1, 0.15) is 5.00 Å². The van der Waals surface area contributed by atoms with Crippen LogP contribution in [0.2, 0.25) is 0 Å². The van der Waals surface area contributed by atoms with Crippen molar-refractivity contribution in [1.82, 2.24) is 0 Å². The molecule has 120 valence electrons. The Hall–Kier alpha value is -1.36. The number of rotatable bonds is 4. The average molecular weight is 321 g/mol. The summed E-state index contributed by atoms with van der Waals surface area (Å²) in [7, 11) is 0. The molecule has 1 N–H and O–H groups in total. The van der Waals surface area contributed by atoms with Crippen LogP contribution in [-0.4, -0.2) is 18.5 Å². The predicted octanol–water partition coefficient (Wildman–Crippen LogP) is 3.92. The highest BCUT2D eigenvalue weighted by Gasteiger charge is 2.43. The van der Waals surface area contributed by atoms with Gasteiger partial charge in [-0.25, -0.2) is 4.79 Å². The van der Waals surface area contributed by atoms with Gasteiger partial charge in [-0.1, -0.05) is 6.42 Å². The molecule has 1 aromatic heterocycles. The lowest BCUT2D eigenvalue weighted by molar-refractivity contribution is -0.121. The van der Waals surface area contributed by atoms with Gasteiger partial charge >= 0.3 is 5.97 Å². The molecule has 0 radical (unpaired) electrons. The van der Waals surface area contributed by atoms with Crippen molar-refractivity contribution in [2.24, 2.45) is 17.8 Å². The standard InChI is InChI=1S/C17H23NO3S/c1-4-21-17(20)14-9(2)10(3)22-16(14)18-15(19)13-8-11-5-6-12(13)7-11/h11-13H,4-8H2,1-3H3,(H,18,19)/t11-,12-,13+/m0/s1. The highest BCUT2D eigenvalue weighted by Crippen LogP contribution is 2.48. The van der Waals surface area contributed by atoms with Crippen LogP contribution in [0.1, 0.15) is 53.4 Å². The molecule has 1 heterocycles. The molecule has 22 heavy (non-hydrogen) atoms. The fourth-order valence-corrected chi connectivity index (χ4v) is 4.99. The summed E-state index contributed by atoms with van der Waals surface area (Å²) in [4.78, 5) is 25.8. The van der Waals surface area contributed by atoms with Crippen molar-refractivity contribution < 1.29 is 14.3 Å². The first-order chi connectivity index (χ1) is 10.5. The minimum Gasteiger partial charge on any atom is -0.462 e. The molecule has 2 aliphatic carbocycles. The molecule has 0 unspecified atom stereocenters. The number of carbonyl (C=O) groups excluding carboxylic acids is 2. The molecular formula is C17H23NO3S. The molecule has 0 aromatic carbocycles. The highest BCUT2D eigenvalue weighted by molar-refractivity contribution is 7.16. The fraction of sp³-hybridized carbons (Fsp3) is 0.647. The van der Waals surface area contributed by atoms with Gasteiger partial charge in [0.25, 0.3) is 0 Å². The molecule has 0 spiro atoms. The molecule has 1 amide bonds. The zero-order valence-electron chi connectivity index (χ0n) is 13.4. The Bertz CT molecular complexity index is 607. The summed E-state index contributed by atoms with van der Waals surface area (Å²) in [5, 5.41) is 3.67. The van der Waals surface area contributed by atoms with Gasteiger partial charge in [0.05, 0.1) is 12.2 Å². The maximum Gasteiger partial charge on any atom is 0.341 e. The Labute approximate surface area is 135 Å². The van der Waals surface area contributed by atoms with Gasteiger partial charge in [-0.3, -0.25) is 4.79 Å². The number of ether oxygens (including phenoxy) is 1. The van der Waals surface area contributed by atoms with Crippen LogP contribution in [0.15, 0.2) is 0 Å². The quantitative estimate of drug-likeness (QED) is 0.855. The van der Waals surface area contributed by atoms with Crippen molar-refractivity contribution in [3.63, 3.8) is 0 Å². The zero-order valence-corrected chi connectivity index (χ0v) is 14.2. The van der Waals surface area contributed by atoms with Gasteiger partial charge in [-0.2, -0.15) is 0 Å². The summed E-state index contributed by atoms with van der Waals surface area (Å²) in [5.41, 5.74) is 1.44. The maximum absolute atomic E-state index is 12.6. The molecule has 3 atom stereocenters. The lowest BCUT2D eigenvalue weighted by Gasteiger charge is -2.20. The van der Waals surface area contributed by atoms with E-state index in [9.17, 15) is 9.59 Å². The molecule has 3 rings (SSSR count). The number of thiophene rings is 1. The second-order valence-corrected chi connectivity index (χ2v) is 7.70. The number of carbonyl (C=O) groups is 2. The maximum atomic E-state index is 12.6. The lowest BCUT2D eigenvalue weighted by atomic mass is 9.88. The summed E-state index contributed by atoms with van der Waals surface area (Å²) in [6.07, 6.45) is 4.66. The molecule has 2 bridgehead atoms. The third-order valence-corrected chi connectivity index (χ3v) is 6.30. The predicted molar refractivity (Wildman–Crippen MR) is 87.3 cm³/mol. The third kappa shape index (κ3) is 2.67. The first-order valence-electron chi connectivity index (χ1n) is 8.09. The Morgan fingerprint density at radius 2 is 2.05 bits per heavy atom. The van der Waals surface area contributed by atoms with Crippen LogP contribution in [0.25, 0.3) is 0 Å². The van der Waals surface area contributed by atoms with Crippen molar-refractivity contribution in [1.29, 1.82) is 0 Å². The van der Waals surface area contributed by atoms with Crippen molar-refractivity contribution in [3.8, 4) is 0 Å².